The molecule has 2 atom stereocenters. The van der Waals surface area contributed by atoms with E-state index in [0.717, 1.165) is 11.8 Å². The highest BCUT2D eigenvalue weighted by Crippen LogP contribution is 2.29. The molecular weight excluding hydrogens is 120 g/mol. The Balaban J connectivity index is 2.15. The first-order valence-corrected chi connectivity index (χ1v) is 4.28. The molecule has 0 heteroatoms. The van der Waals surface area contributed by atoms with Gasteiger partial charge in [0.05, 0.1) is 0 Å². The van der Waals surface area contributed by atoms with E-state index in [9.17, 15) is 0 Å². The van der Waals surface area contributed by atoms with Gasteiger partial charge in [-0.3, -0.25) is 0 Å². The highest BCUT2D eigenvalue weighted by Gasteiger charge is 2.15. The molecule has 0 amide bonds. The summed E-state index contributed by atoms with van der Waals surface area (Å²) in [7, 11) is 0. The van der Waals surface area contributed by atoms with Crippen molar-refractivity contribution < 1.29 is 0 Å². The molecule has 3 aliphatic carbocycles. The monoisotopic (exact) mass is 134 g/mol. The molecule has 2 unspecified atom stereocenters. The number of allylic oxidation sites excluding steroid dienone is 4. The third-order valence-corrected chi connectivity index (χ3v) is 2.61. The zero-order chi connectivity index (χ0) is 6.81. The van der Waals surface area contributed by atoms with E-state index in [1.165, 1.54) is 25.7 Å². The molecule has 0 radical (unpaired) electrons. The van der Waals surface area contributed by atoms with E-state index in [1.54, 1.807) is 0 Å². The Morgan fingerprint density at radius 2 is 1.30 bits per heavy atom. The lowest BCUT2D eigenvalue weighted by Crippen LogP contribution is -2.09. The van der Waals surface area contributed by atoms with E-state index < -0.39 is 0 Å². The highest BCUT2D eigenvalue weighted by molar-refractivity contribution is 5.05. The molecular formula is C10H14. The van der Waals surface area contributed by atoms with E-state index in [2.05, 4.69) is 24.3 Å². The van der Waals surface area contributed by atoms with Crippen LogP contribution in [0.1, 0.15) is 25.7 Å². The van der Waals surface area contributed by atoms with Crippen LogP contribution in [0.3, 0.4) is 0 Å². The van der Waals surface area contributed by atoms with E-state index in [1.807, 2.05) is 0 Å². The van der Waals surface area contributed by atoms with Crippen molar-refractivity contribution >= 4 is 0 Å². The SMILES string of the molecule is C1=CC2C/C=C\CC1CC2. The molecule has 0 aliphatic heterocycles. The Hall–Kier alpha value is -0.520. The van der Waals surface area contributed by atoms with Crippen molar-refractivity contribution in [3.63, 3.8) is 0 Å². The van der Waals surface area contributed by atoms with Gasteiger partial charge in [0.2, 0.25) is 0 Å². The first kappa shape index (κ1) is 6.21. The summed E-state index contributed by atoms with van der Waals surface area (Å²) in [4.78, 5) is 0. The molecule has 54 valence electrons. The van der Waals surface area contributed by atoms with Crippen LogP contribution in [0.25, 0.3) is 0 Å². The molecule has 0 N–H and O–H groups in total. The summed E-state index contributed by atoms with van der Waals surface area (Å²) >= 11 is 0. The Labute approximate surface area is 62.6 Å². The molecule has 3 rings (SSSR count). The maximum Gasteiger partial charge on any atom is -0.0199 e. The van der Waals surface area contributed by atoms with Gasteiger partial charge in [-0.2, -0.15) is 0 Å². The van der Waals surface area contributed by atoms with Crippen LogP contribution in [0.2, 0.25) is 0 Å². The number of fused-ring (bicyclic) bond motifs is 3. The number of hydrogen-bond acceptors (Lipinski definition) is 0. The van der Waals surface area contributed by atoms with Gasteiger partial charge in [0.15, 0.2) is 0 Å². The molecule has 0 heterocycles. The number of rotatable bonds is 0. The van der Waals surface area contributed by atoms with Crippen molar-refractivity contribution in [2.45, 2.75) is 25.7 Å². The lowest BCUT2D eigenvalue weighted by Gasteiger charge is -2.23. The fraction of sp³-hybridized carbons (Fsp3) is 0.600. The zero-order valence-electron chi connectivity index (χ0n) is 6.29. The first-order chi connectivity index (χ1) is 4.95. The van der Waals surface area contributed by atoms with Gasteiger partial charge >= 0.3 is 0 Å². The topological polar surface area (TPSA) is 0 Å². The van der Waals surface area contributed by atoms with E-state index >= 15 is 0 Å². The van der Waals surface area contributed by atoms with Gasteiger partial charge in [-0.05, 0) is 37.5 Å². The molecule has 0 nitrogen and oxygen atoms in total. The Morgan fingerprint density at radius 3 is 1.70 bits per heavy atom. The summed E-state index contributed by atoms with van der Waals surface area (Å²) in [6, 6.07) is 0. The Bertz CT molecular complexity index is 147. The first-order valence-electron chi connectivity index (χ1n) is 4.28. The van der Waals surface area contributed by atoms with Crippen molar-refractivity contribution in [1.82, 2.24) is 0 Å². The van der Waals surface area contributed by atoms with Gasteiger partial charge in [0, 0.05) is 0 Å². The van der Waals surface area contributed by atoms with Crippen LogP contribution in [0.15, 0.2) is 24.3 Å². The van der Waals surface area contributed by atoms with Crippen molar-refractivity contribution in [1.29, 1.82) is 0 Å². The minimum Gasteiger partial charge on any atom is -0.0879 e. The third-order valence-electron chi connectivity index (χ3n) is 2.61. The molecule has 0 spiro atoms. The van der Waals surface area contributed by atoms with E-state index in [-0.39, 0.29) is 0 Å². The van der Waals surface area contributed by atoms with Crippen LogP contribution in [0.4, 0.5) is 0 Å². The standard InChI is InChI=1S/C10H14/c1-2-4-10-7-5-9(3-1)6-8-10/h1-2,5,7,9-10H,3-4,6,8H2/b2-1-. The average Bonchev–Trinajstić information content (AvgIpc) is 1.89. The molecule has 0 aromatic heterocycles. The second kappa shape index (κ2) is 2.61. The quantitative estimate of drug-likeness (QED) is 0.447. The zero-order valence-corrected chi connectivity index (χ0v) is 6.29. The van der Waals surface area contributed by atoms with Crippen LogP contribution in [-0.2, 0) is 0 Å². The molecule has 0 saturated heterocycles. The number of hydrogen-bond donors (Lipinski definition) is 0. The predicted molar refractivity (Wildman–Crippen MR) is 43.7 cm³/mol. The fourth-order valence-corrected chi connectivity index (χ4v) is 1.87. The van der Waals surface area contributed by atoms with Crippen LogP contribution in [0.5, 0.6) is 0 Å². The molecule has 2 bridgehead atoms. The normalized spacial score (nSPS) is 40.8. The molecule has 0 aromatic rings. The lowest BCUT2D eigenvalue weighted by molar-refractivity contribution is 0.449. The summed E-state index contributed by atoms with van der Waals surface area (Å²) in [5.41, 5.74) is 0. The summed E-state index contributed by atoms with van der Waals surface area (Å²) in [5.74, 6) is 1.74. The second-order valence-electron chi connectivity index (χ2n) is 3.43. The maximum absolute atomic E-state index is 2.41. The van der Waals surface area contributed by atoms with Crippen LogP contribution >= 0.6 is 0 Å². The summed E-state index contributed by atoms with van der Waals surface area (Å²) in [6.45, 7) is 0. The average molecular weight is 134 g/mol. The Morgan fingerprint density at radius 1 is 0.800 bits per heavy atom. The molecule has 3 aliphatic rings. The van der Waals surface area contributed by atoms with Gasteiger partial charge < -0.3 is 0 Å². The van der Waals surface area contributed by atoms with Gasteiger partial charge in [-0.25, -0.2) is 0 Å². The van der Waals surface area contributed by atoms with Gasteiger partial charge in [-0.15, -0.1) is 0 Å². The minimum atomic E-state index is 0.868. The van der Waals surface area contributed by atoms with Gasteiger partial charge in [0.25, 0.3) is 0 Å². The summed E-state index contributed by atoms with van der Waals surface area (Å²) in [6.07, 6.45) is 14.9. The van der Waals surface area contributed by atoms with E-state index in [4.69, 9.17) is 0 Å². The van der Waals surface area contributed by atoms with Crippen LogP contribution in [-0.4, -0.2) is 0 Å². The molecule has 0 aromatic carbocycles. The smallest absolute Gasteiger partial charge is 0.0199 e. The van der Waals surface area contributed by atoms with Gasteiger partial charge in [-0.1, -0.05) is 24.3 Å². The minimum absolute atomic E-state index is 0.868. The highest BCUT2D eigenvalue weighted by atomic mass is 14.2. The van der Waals surface area contributed by atoms with Crippen molar-refractivity contribution in [3.8, 4) is 0 Å². The molecule has 0 fully saturated rings. The third kappa shape index (κ3) is 1.16. The second-order valence-corrected chi connectivity index (χ2v) is 3.43. The maximum atomic E-state index is 2.41. The van der Waals surface area contributed by atoms with E-state index in [0.29, 0.717) is 0 Å². The van der Waals surface area contributed by atoms with Gasteiger partial charge in [0.1, 0.15) is 0 Å². The lowest BCUT2D eigenvalue weighted by atomic mass is 9.83. The van der Waals surface area contributed by atoms with Crippen molar-refractivity contribution in [2.24, 2.45) is 11.8 Å². The largest absolute Gasteiger partial charge is 0.0879 e. The van der Waals surface area contributed by atoms with Crippen LogP contribution < -0.4 is 0 Å². The summed E-state index contributed by atoms with van der Waals surface area (Å²) in [5, 5.41) is 0. The summed E-state index contributed by atoms with van der Waals surface area (Å²) < 4.78 is 0. The predicted octanol–water partition coefficient (Wildman–Crippen LogP) is 2.92. The molecule has 10 heavy (non-hydrogen) atoms. The fourth-order valence-electron chi connectivity index (χ4n) is 1.87. The Kier molecular flexibility index (Phi) is 1.62. The van der Waals surface area contributed by atoms with Crippen molar-refractivity contribution in [2.75, 3.05) is 0 Å². The van der Waals surface area contributed by atoms with Crippen LogP contribution in [0, 0.1) is 11.8 Å². The molecule has 0 saturated carbocycles. The van der Waals surface area contributed by atoms with Crippen molar-refractivity contribution in [3.05, 3.63) is 24.3 Å².